The van der Waals surface area contributed by atoms with Crippen molar-refractivity contribution < 1.29 is 14.3 Å². The highest BCUT2D eigenvalue weighted by atomic mass is 35.5. The Bertz CT molecular complexity index is 1080. The van der Waals surface area contributed by atoms with E-state index in [-0.39, 0.29) is 24.3 Å². The van der Waals surface area contributed by atoms with Gasteiger partial charge in [-0.1, -0.05) is 44.5 Å². The van der Waals surface area contributed by atoms with Gasteiger partial charge in [0.05, 0.1) is 13.2 Å². The van der Waals surface area contributed by atoms with Crippen LogP contribution in [0, 0.1) is 5.92 Å². The number of hydrogen-bond acceptors (Lipinski definition) is 4. The number of carbonyl (C=O) groups is 2. The molecule has 2 heterocycles. The normalized spacial score (nSPS) is 16.8. The Morgan fingerprint density at radius 1 is 0.951 bits per heavy atom. The average Bonchev–Trinajstić information content (AvgIpc) is 2.98. The molecule has 1 atom stereocenters. The minimum absolute atomic E-state index is 0. The molecule has 3 amide bonds. The zero-order valence-electron chi connectivity index (χ0n) is 25.1. The van der Waals surface area contributed by atoms with Crippen molar-refractivity contribution in [1.29, 1.82) is 0 Å². The number of likely N-dealkylation sites (tertiary alicyclic amines) is 1. The van der Waals surface area contributed by atoms with E-state index in [4.69, 9.17) is 4.74 Å². The van der Waals surface area contributed by atoms with Gasteiger partial charge in [-0.3, -0.25) is 4.79 Å². The zero-order valence-corrected chi connectivity index (χ0v) is 26.0. The van der Waals surface area contributed by atoms with Crippen LogP contribution in [0.25, 0.3) is 0 Å². The molecule has 41 heavy (non-hydrogen) atoms. The van der Waals surface area contributed by atoms with Gasteiger partial charge in [-0.15, -0.1) is 12.4 Å². The van der Waals surface area contributed by atoms with Crippen molar-refractivity contribution in [3.63, 3.8) is 0 Å². The number of hydrogen-bond donors (Lipinski definition) is 1. The summed E-state index contributed by atoms with van der Waals surface area (Å²) in [7, 11) is 0. The Morgan fingerprint density at radius 3 is 2.29 bits per heavy atom. The molecule has 0 spiro atoms. The van der Waals surface area contributed by atoms with E-state index in [0.29, 0.717) is 43.8 Å². The third-order valence-electron chi connectivity index (χ3n) is 8.26. The number of rotatable bonds is 11. The van der Waals surface area contributed by atoms with E-state index in [1.807, 2.05) is 46.2 Å². The molecule has 0 saturated carbocycles. The number of morpholine rings is 1. The summed E-state index contributed by atoms with van der Waals surface area (Å²) in [6.45, 7) is 13.3. The maximum absolute atomic E-state index is 12.9. The number of ether oxygens (including phenoxy) is 1. The summed E-state index contributed by atoms with van der Waals surface area (Å²) >= 11 is 0. The van der Waals surface area contributed by atoms with E-state index < -0.39 is 0 Å². The number of nitrogens with zero attached hydrogens (tertiary/aromatic N) is 3. The summed E-state index contributed by atoms with van der Waals surface area (Å²) in [6, 6.07) is 16.8. The summed E-state index contributed by atoms with van der Waals surface area (Å²) in [6.07, 6.45) is 6.30. The number of urea groups is 1. The van der Waals surface area contributed by atoms with Gasteiger partial charge in [0.1, 0.15) is 0 Å². The number of carbonyl (C=O) groups excluding carboxylic acids is 2. The fraction of sp³-hybridized carbons (Fsp3) is 0.576. The third-order valence-corrected chi connectivity index (χ3v) is 8.26. The Morgan fingerprint density at radius 2 is 1.63 bits per heavy atom. The van der Waals surface area contributed by atoms with Gasteiger partial charge in [-0.25, -0.2) is 4.79 Å². The minimum Gasteiger partial charge on any atom is -0.378 e. The van der Waals surface area contributed by atoms with Crippen LogP contribution >= 0.6 is 12.4 Å². The number of aryl methyl sites for hydroxylation is 1. The number of amides is 3. The molecular formula is C33H49ClN4O3. The monoisotopic (exact) mass is 584 g/mol. The lowest BCUT2D eigenvalue weighted by molar-refractivity contribution is 0.0386. The van der Waals surface area contributed by atoms with Crippen molar-refractivity contribution in [3.8, 4) is 0 Å². The lowest BCUT2D eigenvalue weighted by Crippen LogP contribution is -2.51. The topological polar surface area (TPSA) is 65.1 Å². The first-order valence-corrected chi connectivity index (χ1v) is 15.3. The SMILES string of the molecule is CCCc1ccc(C(=O)Nc2cccc(CC(C)N(CCC)CC3CCN(C(=O)N4CCOCC4)CC3)c2)cc1.Cl. The lowest BCUT2D eigenvalue weighted by atomic mass is 9.95. The van der Waals surface area contributed by atoms with Crippen LogP contribution in [0.4, 0.5) is 10.5 Å². The van der Waals surface area contributed by atoms with Crippen LogP contribution < -0.4 is 5.32 Å². The van der Waals surface area contributed by atoms with Crippen molar-refractivity contribution in [2.75, 3.05) is 57.8 Å². The highest BCUT2D eigenvalue weighted by molar-refractivity contribution is 6.04. The summed E-state index contributed by atoms with van der Waals surface area (Å²) in [5.74, 6) is 0.538. The second-order valence-corrected chi connectivity index (χ2v) is 11.5. The van der Waals surface area contributed by atoms with E-state index in [9.17, 15) is 9.59 Å². The molecule has 226 valence electrons. The second kappa shape index (κ2) is 16.7. The van der Waals surface area contributed by atoms with Crippen molar-refractivity contribution in [2.24, 2.45) is 5.92 Å². The minimum atomic E-state index is -0.0701. The van der Waals surface area contributed by atoms with Crippen LogP contribution in [0.1, 0.15) is 67.9 Å². The van der Waals surface area contributed by atoms with E-state index in [1.54, 1.807) is 0 Å². The van der Waals surface area contributed by atoms with Crippen molar-refractivity contribution >= 4 is 30.0 Å². The molecule has 0 bridgehead atoms. The Kier molecular flexibility index (Phi) is 13.4. The lowest BCUT2D eigenvalue weighted by Gasteiger charge is -2.39. The first kappa shape index (κ1) is 32.9. The number of halogens is 1. The van der Waals surface area contributed by atoms with Gasteiger partial charge in [0, 0.05) is 50.0 Å². The standard InChI is InChI=1S/C33H48N4O3.ClH/c1-4-7-27-10-12-30(13-11-27)32(38)34-31-9-6-8-29(24-31)23-26(3)37(16-5-2)25-28-14-17-35(18-15-28)33(39)36-19-21-40-22-20-36;/h6,8-13,24,26,28H,4-5,7,14-23,25H2,1-3H3,(H,34,38);1H. The van der Waals surface area contributed by atoms with Crippen molar-refractivity contribution in [2.45, 2.75) is 65.3 Å². The molecule has 2 aliphatic rings. The molecule has 2 aromatic carbocycles. The molecule has 2 fully saturated rings. The fourth-order valence-corrected chi connectivity index (χ4v) is 5.93. The van der Waals surface area contributed by atoms with Gasteiger partial charge in [0.15, 0.2) is 0 Å². The molecule has 2 saturated heterocycles. The van der Waals surface area contributed by atoms with Crippen molar-refractivity contribution in [3.05, 3.63) is 65.2 Å². The first-order valence-electron chi connectivity index (χ1n) is 15.3. The molecule has 8 heteroatoms. The quantitative estimate of drug-likeness (QED) is 0.345. The third kappa shape index (κ3) is 9.73. The van der Waals surface area contributed by atoms with Gasteiger partial charge < -0.3 is 24.8 Å². The Labute approximate surface area is 253 Å². The molecule has 7 nitrogen and oxygen atoms in total. The van der Waals surface area contributed by atoms with Gasteiger partial charge in [0.25, 0.3) is 5.91 Å². The van der Waals surface area contributed by atoms with Gasteiger partial charge >= 0.3 is 6.03 Å². The van der Waals surface area contributed by atoms with Gasteiger partial charge in [-0.2, -0.15) is 0 Å². The summed E-state index contributed by atoms with van der Waals surface area (Å²) in [5, 5.41) is 3.09. The fourth-order valence-electron chi connectivity index (χ4n) is 5.93. The average molecular weight is 585 g/mol. The highest BCUT2D eigenvalue weighted by Crippen LogP contribution is 2.23. The molecule has 1 unspecified atom stereocenters. The molecule has 1 N–H and O–H groups in total. The molecule has 0 radical (unpaired) electrons. The predicted molar refractivity (Wildman–Crippen MR) is 169 cm³/mol. The Balaban J connectivity index is 0.00000462. The van der Waals surface area contributed by atoms with Crippen molar-refractivity contribution in [1.82, 2.24) is 14.7 Å². The summed E-state index contributed by atoms with van der Waals surface area (Å²) < 4.78 is 5.40. The number of benzene rings is 2. The van der Waals surface area contributed by atoms with Crippen LogP contribution in [0.15, 0.2) is 48.5 Å². The zero-order chi connectivity index (χ0) is 28.3. The first-order chi connectivity index (χ1) is 19.5. The summed E-state index contributed by atoms with van der Waals surface area (Å²) in [5.41, 5.74) is 4.02. The molecule has 2 aromatic rings. The second-order valence-electron chi connectivity index (χ2n) is 11.5. The van der Waals surface area contributed by atoms with E-state index in [1.165, 1.54) is 11.1 Å². The maximum atomic E-state index is 12.9. The van der Waals surface area contributed by atoms with Gasteiger partial charge in [0.2, 0.25) is 0 Å². The van der Waals surface area contributed by atoms with Crippen LogP contribution in [0.3, 0.4) is 0 Å². The van der Waals surface area contributed by atoms with E-state index >= 15 is 0 Å². The molecule has 4 rings (SSSR count). The number of piperidine rings is 1. The van der Waals surface area contributed by atoms with Crippen LogP contribution in [0.2, 0.25) is 0 Å². The molecule has 0 aliphatic carbocycles. The molecule has 0 aromatic heterocycles. The predicted octanol–water partition coefficient (Wildman–Crippen LogP) is 6.12. The van der Waals surface area contributed by atoms with Crippen LogP contribution in [-0.2, 0) is 17.6 Å². The van der Waals surface area contributed by atoms with Gasteiger partial charge in [-0.05, 0) is 86.9 Å². The molecule has 2 aliphatic heterocycles. The summed E-state index contributed by atoms with van der Waals surface area (Å²) in [4.78, 5) is 32.3. The highest BCUT2D eigenvalue weighted by Gasteiger charge is 2.29. The molecular weight excluding hydrogens is 536 g/mol. The number of nitrogens with one attached hydrogen (secondary N) is 1. The van der Waals surface area contributed by atoms with Crippen LogP contribution in [0.5, 0.6) is 0 Å². The smallest absolute Gasteiger partial charge is 0.320 e. The maximum Gasteiger partial charge on any atom is 0.320 e. The number of anilines is 1. The van der Waals surface area contributed by atoms with E-state index in [2.05, 4.69) is 43.1 Å². The van der Waals surface area contributed by atoms with Crippen LogP contribution in [-0.4, -0.2) is 85.2 Å². The van der Waals surface area contributed by atoms with E-state index in [0.717, 1.165) is 70.4 Å². The Hall–Kier alpha value is -2.61. The largest absolute Gasteiger partial charge is 0.378 e.